The van der Waals surface area contributed by atoms with Crippen LogP contribution in [0.3, 0.4) is 0 Å². The molecule has 0 bridgehead atoms. The molecule has 0 aliphatic heterocycles. The number of carbonyl (C=O) groups is 1. The zero-order valence-electron chi connectivity index (χ0n) is 11.7. The first-order valence-corrected chi connectivity index (χ1v) is 7.49. The molecule has 0 aliphatic carbocycles. The lowest BCUT2D eigenvalue weighted by Gasteiger charge is -2.32. The first-order chi connectivity index (χ1) is 9.59. The second-order valence-electron chi connectivity index (χ2n) is 4.88. The van der Waals surface area contributed by atoms with E-state index in [1.54, 1.807) is 11.3 Å². The van der Waals surface area contributed by atoms with Gasteiger partial charge in [0.2, 0.25) is 0 Å². The van der Waals surface area contributed by atoms with Gasteiger partial charge in [-0.1, -0.05) is 36.4 Å². The molecule has 1 N–H and O–H groups in total. The van der Waals surface area contributed by atoms with Crippen LogP contribution in [0.4, 0.5) is 0 Å². The fourth-order valence-electron chi connectivity index (χ4n) is 2.34. The largest absolute Gasteiger partial charge is 0.481 e. The molecule has 20 heavy (non-hydrogen) atoms. The van der Waals surface area contributed by atoms with Crippen LogP contribution in [0.5, 0.6) is 0 Å². The second-order valence-corrected chi connectivity index (χ2v) is 5.86. The zero-order valence-corrected chi connectivity index (χ0v) is 12.5. The van der Waals surface area contributed by atoms with Crippen LogP contribution in [0.2, 0.25) is 0 Å². The number of thiophene rings is 1. The van der Waals surface area contributed by atoms with Crippen LogP contribution in [0.25, 0.3) is 0 Å². The number of carboxylic acid groups (broad SMARTS) is 1. The Morgan fingerprint density at radius 1 is 1.25 bits per heavy atom. The molecule has 0 aliphatic rings. The number of nitrogens with zero attached hydrogens (tertiary/aromatic N) is 1. The Balaban J connectivity index is 2.24. The van der Waals surface area contributed by atoms with Gasteiger partial charge < -0.3 is 5.11 Å². The van der Waals surface area contributed by atoms with Gasteiger partial charge in [-0.15, -0.1) is 11.3 Å². The lowest BCUT2D eigenvalue weighted by Crippen LogP contribution is -2.29. The summed E-state index contributed by atoms with van der Waals surface area (Å²) < 4.78 is 0. The Morgan fingerprint density at radius 2 is 1.95 bits per heavy atom. The normalized spacial score (nSPS) is 14.2. The van der Waals surface area contributed by atoms with Crippen molar-refractivity contribution in [1.82, 2.24) is 4.90 Å². The number of rotatable bonds is 6. The minimum atomic E-state index is -0.774. The second kappa shape index (κ2) is 6.68. The monoisotopic (exact) mass is 289 g/mol. The van der Waals surface area contributed by atoms with Crippen molar-refractivity contribution in [1.29, 1.82) is 0 Å². The predicted octanol–water partition coefficient (Wildman–Crippen LogP) is 3.96. The van der Waals surface area contributed by atoms with E-state index < -0.39 is 5.97 Å². The maximum Gasteiger partial charge on any atom is 0.305 e. The Labute approximate surface area is 123 Å². The van der Waals surface area contributed by atoms with Gasteiger partial charge in [-0.2, -0.15) is 0 Å². The summed E-state index contributed by atoms with van der Waals surface area (Å²) in [6, 6.07) is 14.0. The van der Waals surface area contributed by atoms with Crippen LogP contribution in [0.15, 0.2) is 47.8 Å². The van der Waals surface area contributed by atoms with Crippen LogP contribution >= 0.6 is 11.3 Å². The molecule has 0 fully saturated rings. The van der Waals surface area contributed by atoms with E-state index in [9.17, 15) is 9.90 Å². The molecule has 1 aromatic heterocycles. The molecule has 1 heterocycles. The third kappa shape index (κ3) is 3.46. The molecule has 4 heteroatoms. The van der Waals surface area contributed by atoms with Gasteiger partial charge in [0.25, 0.3) is 0 Å². The van der Waals surface area contributed by atoms with Crippen molar-refractivity contribution in [3.63, 3.8) is 0 Å². The third-order valence-corrected chi connectivity index (χ3v) is 4.65. The summed E-state index contributed by atoms with van der Waals surface area (Å²) in [5.74, 6) is -0.774. The van der Waals surface area contributed by atoms with Crippen molar-refractivity contribution in [2.75, 3.05) is 7.05 Å². The Bertz CT molecular complexity index is 539. The minimum Gasteiger partial charge on any atom is -0.481 e. The molecule has 0 saturated heterocycles. The summed E-state index contributed by atoms with van der Waals surface area (Å²) in [5.41, 5.74) is 1.04. The third-order valence-electron chi connectivity index (χ3n) is 3.61. The summed E-state index contributed by atoms with van der Waals surface area (Å²) in [6.07, 6.45) is 0.107. The average molecular weight is 289 g/mol. The number of hydrogen-bond donors (Lipinski definition) is 1. The molecular weight excluding hydrogens is 270 g/mol. The van der Waals surface area contributed by atoms with Crippen LogP contribution in [0.1, 0.15) is 35.9 Å². The molecule has 2 unspecified atom stereocenters. The number of benzene rings is 1. The van der Waals surface area contributed by atoms with Crippen LogP contribution < -0.4 is 0 Å². The van der Waals surface area contributed by atoms with Gasteiger partial charge in [0.05, 0.1) is 6.42 Å². The lowest BCUT2D eigenvalue weighted by atomic mass is 10.0. The first-order valence-electron chi connectivity index (χ1n) is 6.61. The standard InChI is InChI=1S/C16H19NO2S/c1-12(15-9-6-10-20-15)17(2)14(11-16(18)19)13-7-4-3-5-8-13/h3-10,12,14H,11H2,1-2H3,(H,18,19). The van der Waals surface area contributed by atoms with E-state index in [1.165, 1.54) is 4.88 Å². The average Bonchev–Trinajstić information content (AvgIpc) is 2.98. The van der Waals surface area contributed by atoms with Crippen molar-refractivity contribution in [2.45, 2.75) is 25.4 Å². The van der Waals surface area contributed by atoms with Gasteiger partial charge in [0.1, 0.15) is 0 Å². The molecule has 1 aromatic carbocycles. The van der Waals surface area contributed by atoms with Gasteiger partial charge in [-0.25, -0.2) is 0 Å². The smallest absolute Gasteiger partial charge is 0.305 e. The van der Waals surface area contributed by atoms with Crippen molar-refractivity contribution >= 4 is 17.3 Å². The number of aliphatic carboxylic acids is 1. The lowest BCUT2D eigenvalue weighted by molar-refractivity contribution is -0.138. The SMILES string of the molecule is CC(c1cccs1)N(C)C(CC(=O)O)c1ccccc1. The fraction of sp³-hybridized carbons (Fsp3) is 0.312. The van der Waals surface area contributed by atoms with Gasteiger partial charge in [-0.05, 0) is 31.0 Å². The predicted molar refractivity (Wildman–Crippen MR) is 81.9 cm³/mol. The van der Waals surface area contributed by atoms with Crippen molar-refractivity contribution in [3.8, 4) is 0 Å². The highest BCUT2D eigenvalue weighted by atomic mass is 32.1. The summed E-state index contributed by atoms with van der Waals surface area (Å²) in [6.45, 7) is 2.11. The maximum atomic E-state index is 11.2. The van der Waals surface area contributed by atoms with E-state index in [-0.39, 0.29) is 18.5 Å². The molecular formula is C16H19NO2S. The molecule has 0 saturated carbocycles. The quantitative estimate of drug-likeness (QED) is 0.875. The Kier molecular flexibility index (Phi) is 4.93. The Morgan fingerprint density at radius 3 is 2.50 bits per heavy atom. The molecule has 3 nitrogen and oxygen atoms in total. The summed E-state index contributed by atoms with van der Waals surface area (Å²) >= 11 is 1.70. The molecule has 0 spiro atoms. The van der Waals surface area contributed by atoms with E-state index in [1.807, 2.05) is 48.8 Å². The summed E-state index contributed by atoms with van der Waals surface area (Å²) in [5, 5.41) is 11.2. The highest BCUT2D eigenvalue weighted by Gasteiger charge is 2.25. The first kappa shape index (κ1) is 14.8. The molecule has 0 radical (unpaired) electrons. The molecule has 2 atom stereocenters. The van der Waals surface area contributed by atoms with E-state index in [2.05, 4.69) is 17.9 Å². The van der Waals surface area contributed by atoms with Crippen molar-refractivity contribution in [3.05, 3.63) is 58.3 Å². The van der Waals surface area contributed by atoms with E-state index >= 15 is 0 Å². The van der Waals surface area contributed by atoms with Gasteiger partial charge in [-0.3, -0.25) is 9.69 Å². The molecule has 2 rings (SSSR count). The van der Waals surface area contributed by atoms with E-state index in [0.29, 0.717) is 0 Å². The van der Waals surface area contributed by atoms with Crippen molar-refractivity contribution in [2.24, 2.45) is 0 Å². The molecule has 2 aromatic rings. The van der Waals surface area contributed by atoms with Crippen LogP contribution in [-0.4, -0.2) is 23.0 Å². The highest BCUT2D eigenvalue weighted by molar-refractivity contribution is 7.10. The topological polar surface area (TPSA) is 40.5 Å². The molecule has 0 amide bonds. The van der Waals surface area contributed by atoms with Gasteiger partial charge in [0.15, 0.2) is 0 Å². The highest BCUT2D eigenvalue weighted by Crippen LogP contribution is 2.32. The Hall–Kier alpha value is -1.65. The van der Waals surface area contributed by atoms with Gasteiger partial charge in [0, 0.05) is 17.0 Å². The van der Waals surface area contributed by atoms with E-state index in [4.69, 9.17) is 0 Å². The number of carboxylic acids is 1. The number of hydrogen-bond acceptors (Lipinski definition) is 3. The van der Waals surface area contributed by atoms with Crippen LogP contribution in [-0.2, 0) is 4.79 Å². The minimum absolute atomic E-state index is 0.107. The molecule has 106 valence electrons. The van der Waals surface area contributed by atoms with Crippen molar-refractivity contribution < 1.29 is 9.90 Å². The fourth-order valence-corrected chi connectivity index (χ4v) is 3.17. The maximum absolute atomic E-state index is 11.2. The van der Waals surface area contributed by atoms with Gasteiger partial charge >= 0.3 is 5.97 Å². The summed E-state index contributed by atoms with van der Waals surface area (Å²) in [7, 11) is 1.99. The zero-order chi connectivity index (χ0) is 14.5. The summed E-state index contributed by atoms with van der Waals surface area (Å²) in [4.78, 5) is 14.6. The van der Waals surface area contributed by atoms with Crippen LogP contribution in [0, 0.1) is 0 Å². The van der Waals surface area contributed by atoms with E-state index in [0.717, 1.165) is 5.56 Å².